The molecule has 0 N–H and O–H groups in total. The van der Waals surface area contributed by atoms with Crippen molar-refractivity contribution in [2.45, 2.75) is 0 Å². The molecule has 0 atom stereocenters. The number of nitriles is 1. The zero-order valence-corrected chi connectivity index (χ0v) is 11.0. The first-order chi connectivity index (χ1) is 9.76. The number of pyridine rings is 1. The van der Waals surface area contributed by atoms with E-state index in [0.29, 0.717) is 17.0 Å². The number of hydrogen-bond acceptors (Lipinski definition) is 4. The quantitative estimate of drug-likeness (QED) is 0.797. The van der Waals surface area contributed by atoms with E-state index in [0.717, 1.165) is 0 Å². The molecular weight excluding hydrogens is 254 g/mol. The Morgan fingerprint density at radius 2 is 2.10 bits per heavy atom. The van der Waals surface area contributed by atoms with E-state index in [4.69, 9.17) is 10.00 Å². The van der Waals surface area contributed by atoms with Gasteiger partial charge < -0.3 is 4.74 Å². The maximum Gasteiger partial charge on any atom is 0.260 e. The van der Waals surface area contributed by atoms with Crippen LogP contribution in [0.25, 0.3) is 0 Å². The first kappa shape index (κ1) is 13.6. The van der Waals surface area contributed by atoms with Crippen LogP contribution in [0.5, 0.6) is 5.75 Å². The maximum absolute atomic E-state index is 12.4. The highest BCUT2D eigenvalue weighted by molar-refractivity contribution is 6.06. The molecule has 0 fully saturated rings. The highest BCUT2D eigenvalue weighted by Crippen LogP contribution is 2.20. The number of benzene rings is 1. The monoisotopic (exact) mass is 267 g/mol. The summed E-state index contributed by atoms with van der Waals surface area (Å²) < 4.78 is 5.08. The lowest BCUT2D eigenvalue weighted by atomic mass is 10.2. The minimum atomic E-state index is -0.259. The SMILES string of the molecule is COc1ccc(N(CC#N)C(=O)c2cccnc2)cc1. The molecule has 0 aliphatic rings. The smallest absolute Gasteiger partial charge is 0.260 e. The summed E-state index contributed by atoms with van der Waals surface area (Å²) in [6, 6.07) is 12.3. The molecule has 0 aliphatic carbocycles. The van der Waals surface area contributed by atoms with Gasteiger partial charge in [0.1, 0.15) is 12.3 Å². The van der Waals surface area contributed by atoms with Crippen molar-refractivity contribution in [1.82, 2.24) is 4.98 Å². The summed E-state index contributed by atoms with van der Waals surface area (Å²) in [5.74, 6) is 0.435. The van der Waals surface area contributed by atoms with Crippen molar-refractivity contribution in [1.29, 1.82) is 5.26 Å². The van der Waals surface area contributed by atoms with E-state index in [1.807, 2.05) is 6.07 Å². The predicted octanol–water partition coefficient (Wildman–Crippen LogP) is 2.26. The molecule has 0 unspecified atom stereocenters. The molecule has 0 radical (unpaired) electrons. The van der Waals surface area contributed by atoms with E-state index in [-0.39, 0.29) is 12.5 Å². The van der Waals surface area contributed by atoms with Crippen molar-refractivity contribution < 1.29 is 9.53 Å². The van der Waals surface area contributed by atoms with Crippen molar-refractivity contribution >= 4 is 11.6 Å². The number of anilines is 1. The Morgan fingerprint density at radius 1 is 1.35 bits per heavy atom. The fourth-order valence-corrected chi connectivity index (χ4v) is 1.76. The van der Waals surface area contributed by atoms with Gasteiger partial charge in [-0.2, -0.15) is 5.26 Å². The molecule has 1 aromatic heterocycles. The van der Waals surface area contributed by atoms with Crippen LogP contribution < -0.4 is 9.64 Å². The lowest BCUT2D eigenvalue weighted by Crippen LogP contribution is -2.31. The van der Waals surface area contributed by atoms with E-state index >= 15 is 0 Å². The second kappa shape index (κ2) is 6.34. The Balaban J connectivity index is 2.31. The molecule has 0 saturated carbocycles. The van der Waals surface area contributed by atoms with Gasteiger partial charge in [-0.25, -0.2) is 0 Å². The van der Waals surface area contributed by atoms with Crippen molar-refractivity contribution in [3.8, 4) is 11.8 Å². The topological polar surface area (TPSA) is 66.2 Å². The number of hydrogen-bond donors (Lipinski definition) is 0. The van der Waals surface area contributed by atoms with Gasteiger partial charge in [0.2, 0.25) is 0 Å². The van der Waals surface area contributed by atoms with Gasteiger partial charge in [-0.3, -0.25) is 14.7 Å². The number of methoxy groups -OCH3 is 1. The Hall–Kier alpha value is -2.87. The number of rotatable bonds is 4. The number of amides is 1. The highest BCUT2D eigenvalue weighted by Gasteiger charge is 2.17. The summed E-state index contributed by atoms with van der Waals surface area (Å²) in [5.41, 5.74) is 1.08. The third-order valence-corrected chi connectivity index (χ3v) is 2.77. The fraction of sp³-hybridized carbons (Fsp3) is 0.133. The van der Waals surface area contributed by atoms with Gasteiger partial charge in [0.15, 0.2) is 0 Å². The van der Waals surface area contributed by atoms with Gasteiger partial charge in [-0.15, -0.1) is 0 Å². The molecule has 2 aromatic rings. The van der Waals surface area contributed by atoms with Crippen molar-refractivity contribution in [3.05, 3.63) is 54.4 Å². The summed E-state index contributed by atoms with van der Waals surface area (Å²) in [6.45, 7) is -0.0277. The fourth-order valence-electron chi connectivity index (χ4n) is 1.76. The van der Waals surface area contributed by atoms with Crippen LogP contribution in [0.3, 0.4) is 0 Å². The summed E-state index contributed by atoms with van der Waals surface area (Å²) in [4.78, 5) is 17.7. The van der Waals surface area contributed by atoms with Gasteiger partial charge in [0.25, 0.3) is 5.91 Å². The lowest BCUT2D eigenvalue weighted by Gasteiger charge is -2.19. The molecule has 0 bridgehead atoms. The average molecular weight is 267 g/mol. The minimum absolute atomic E-state index is 0.0277. The summed E-state index contributed by atoms with van der Waals surface area (Å²) in [7, 11) is 1.57. The first-order valence-corrected chi connectivity index (χ1v) is 5.99. The zero-order valence-electron chi connectivity index (χ0n) is 11.0. The molecule has 0 spiro atoms. The number of carbonyl (C=O) groups excluding carboxylic acids is 1. The van der Waals surface area contributed by atoms with Gasteiger partial charge >= 0.3 is 0 Å². The molecule has 5 nitrogen and oxygen atoms in total. The maximum atomic E-state index is 12.4. The Kier molecular flexibility index (Phi) is 4.30. The third-order valence-electron chi connectivity index (χ3n) is 2.77. The van der Waals surface area contributed by atoms with Gasteiger partial charge in [0.05, 0.1) is 18.7 Å². The molecule has 1 amide bonds. The first-order valence-electron chi connectivity index (χ1n) is 5.99. The van der Waals surface area contributed by atoms with Crippen LogP contribution in [0.1, 0.15) is 10.4 Å². The van der Waals surface area contributed by atoms with Crippen LogP contribution in [0.2, 0.25) is 0 Å². The lowest BCUT2D eigenvalue weighted by molar-refractivity contribution is 0.0989. The molecule has 20 heavy (non-hydrogen) atoms. The molecular formula is C15H13N3O2. The molecule has 1 aromatic carbocycles. The summed E-state index contributed by atoms with van der Waals surface area (Å²) in [6.07, 6.45) is 3.08. The third kappa shape index (κ3) is 2.93. The number of aromatic nitrogens is 1. The predicted molar refractivity (Wildman–Crippen MR) is 74.5 cm³/mol. The normalized spacial score (nSPS) is 9.60. The van der Waals surface area contributed by atoms with Crippen molar-refractivity contribution in [2.24, 2.45) is 0 Å². The summed E-state index contributed by atoms with van der Waals surface area (Å²) in [5, 5.41) is 8.91. The molecule has 5 heteroatoms. The molecule has 100 valence electrons. The summed E-state index contributed by atoms with van der Waals surface area (Å²) >= 11 is 0. The minimum Gasteiger partial charge on any atom is -0.497 e. The molecule has 0 saturated heterocycles. The van der Waals surface area contributed by atoms with Crippen LogP contribution in [-0.4, -0.2) is 24.5 Å². The molecule has 2 rings (SSSR count). The number of carbonyl (C=O) groups is 1. The second-order valence-corrected chi connectivity index (χ2v) is 3.99. The van der Waals surface area contributed by atoms with Crippen molar-refractivity contribution in [3.63, 3.8) is 0 Å². The standard InChI is InChI=1S/C15H13N3O2/c1-20-14-6-4-13(5-7-14)18(10-8-16)15(19)12-3-2-9-17-11-12/h2-7,9,11H,10H2,1H3. The van der Waals surface area contributed by atoms with E-state index in [2.05, 4.69) is 4.98 Å². The Morgan fingerprint density at radius 3 is 2.65 bits per heavy atom. The van der Waals surface area contributed by atoms with Crippen LogP contribution in [0.4, 0.5) is 5.69 Å². The van der Waals surface area contributed by atoms with E-state index in [1.165, 1.54) is 11.1 Å². The zero-order chi connectivity index (χ0) is 14.4. The van der Waals surface area contributed by atoms with Crippen LogP contribution in [0, 0.1) is 11.3 Å². The van der Waals surface area contributed by atoms with Gasteiger partial charge in [-0.05, 0) is 36.4 Å². The highest BCUT2D eigenvalue weighted by atomic mass is 16.5. The van der Waals surface area contributed by atoms with Crippen LogP contribution in [0.15, 0.2) is 48.8 Å². The van der Waals surface area contributed by atoms with Crippen LogP contribution >= 0.6 is 0 Å². The van der Waals surface area contributed by atoms with Crippen LogP contribution in [-0.2, 0) is 0 Å². The Bertz CT molecular complexity index is 618. The molecule has 1 heterocycles. The van der Waals surface area contributed by atoms with Gasteiger partial charge in [0, 0.05) is 18.1 Å². The van der Waals surface area contributed by atoms with E-state index < -0.39 is 0 Å². The number of ether oxygens (including phenoxy) is 1. The number of nitrogens with zero attached hydrogens (tertiary/aromatic N) is 3. The second-order valence-electron chi connectivity index (χ2n) is 3.99. The van der Waals surface area contributed by atoms with Crippen molar-refractivity contribution in [2.75, 3.05) is 18.6 Å². The Labute approximate surface area is 117 Å². The average Bonchev–Trinajstić information content (AvgIpc) is 2.53. The molecule has 0 aliphatic heterocycles. The van der Waals surface area contributed by atoms with E-state index in [1.54, 1.807) is 49.7 Å². The van der Waals surface area contributed by atoms with Gasteiger partial charge in [-0.1, -0.05) is 0 Å². The largest absolute Gasteiger partial charge is 0.497 e. The van der Waals surface area contributed by atoms with E-state index in [9.17, 15) is 4.79 Å².